The highest BCUT2D eigenvalue weighted by atomic mass is 16.5. The lowest BCUT2D eigenvalue weighted by Crippen LogP contribution is -2.18. The van der Waals surface area contributed by atoms with E-state index in [0.717, 1.165) is 37.2 Å². The zero-order chi connectivity index (χ0) is 14.8. The van der Waals surface area contributed by atoms with Gasteiger partial charge in [0.1, 0.15) is 5.75 Å². The fourth-order valence-electron chi connectivity index (χ4n) is 3.26. The zero-order valence-electron chi connectivity index (χ0n) is 12.9. The second-order valence-electron chi connectivity index (χ2n) is 6.09. The number of rotatable bonds is 3. The zero-order valence-corrected chi connectivity index (χ0v) is 12.9. The van der Waals surface area contributed by atoms with Crippen LogP contribution in [-0.2, 0) is 12.8 Å². The van der Waals surface area contributed by atoms with Gasteiger partial charge in [0.2, 0.25) is 0 Å². The Morgan fingerprint density at radius 3 is 2.67 bits per heavy atom. The summed E-state index contributed by atoms with van der Waals surface area (Å²) in [6.45, 7) is 5.07. The SMILES string of the molecule is Cc1cc(C)cc(CC(N)c2cccc3c2OCCC3)c1. The summed E-state index contributed by atoms with van der Waals surface area (Å²) in [7, 11) is 0. The van der Waals surface area contributed by atoms with Crippen molar-refractivity contribution in [3.63, 3.8) is 0 Å². The van der Waals surface area contributed by atoms with E-state index in [1.807, 2.05) is 0 Å². The number of benzene rings is 2. The smallest absolute Gasteiger partial charge is 0.127 e. The van der Waals surface area contributed by atoms with Crippen LogP contribution in [0.4, 0.5) is 0 Å². The van der Waals surface area contributed by atoms with Crippen LogP contribution < -0.4 is 10.5 Å². The van der Waals surface area contributed by atoms with Gasteiger partial charge >= 0.3 is 0 Å². The van der Waals surface area contributed by atoms with Crippen LogP contribution in [0.5, 0.6) is 5.75 Å². The quantitative estimate of drug-likeness (QED) is 0.927. The first-order valence-electron chi connectivity index (χ1n) is 7.71. The highest BCUT2D eigenvalue weighted by Gasteiger charge is 2.18. The molecule has 2 heteroatoms. The predicted molar refractivity (Wildman–Crippen MR) is 86.8 cm³/mol. The Labute approximate surface area is 126 Å². The molecular formula is C19H23NO. The second kappa shape index (κ2) is 5.90. The fraction of sp³-hybridized carbons (Fsp3) is 0.368. The third kappa shape index (κ3) is 3.11. The van der Waals surface area contributed by atoms with E-state index in [2.05, 4.69) is 50.2 Å². The summed E-state index contributed by atoms with van der Waals surface area (Å²) in [4.78, 5) is 0. The highest BCUT2D eigenvalue weighted by Crippen LogP contribution is 2.33. The normalized spacial score (nSPS) is 15.2. The van der Waals surface area contributed by atoms with Crippen LogP contribution in [0.2, 0.25) is 0 Å². The lowest BCUT2D eigenvalue weighted by molar-refractivity contribution is 0.283. The van der Waals surface area contributed by atoms with E-state index in [1.54, 1.807) is 0 Å². The van der Waals surface area contributed by atoms with Crippen LogP contribution in [0.1, 0.15) is 40.3 Å². The Kier molecular flexibility index (Phi) is 3.98. The molecule has 1 aliphatic rings. The van der Waals surface area contributed by atoms with Crippen molar-refractivity contribution in [2.45, 2.75) is 39.2 Å². The third-order valence-electron chi connectivity index (χ3n) is 4.10. The Morgan fingerprint density at radius 2 is 1.90 bits per heavy atom. The van der Waals surface area contributed by atoms with Crippen LogP contribution >= 0.6 is 0 Å². The largest absolute Gasteiger partial charge is 0.493 e. The number of ether oxygens (including phenoxy) is 1. The van der Waals surface area contributed by atoms with E-state index in [-0.39, 0.29) is 6.04 Å². The molecule has 0 spiro atoms. The van der Waals surface area contributed by atoms with Crippen molar-refractivity contribution >= 4 is 0 Å². The van der Waals surface area contributed by atoms with Crippen molar-refractivity contribution < 1.29 is 4.74 Å². The average molecular weight is 281 g/mol. The fourth-order valence-corrected chi connectivity index (χ4v) is 3.26. The minimum Gasteiger partial charge on any atom is -0.493 e. The van der Waals surface area contributed by atoms with Gasteiger partial charge in [-0.3, -0.25) is 0 Å². The minimum atomic E-state index is -0.0146. The number of aryl methyl sites for hydroxylation is 3. The number of nitrogens with two attached hydrogens (primary N) is 1. The molecule has 0 bridgehead atoms. The Hall–Kier alpha value is -1.80. The predicted octanol–water partition coefficient (Wildman–Crippen LogP) is 3.87. The van der Waals surface area contributed by atoms with Gasteiger partial charge in [0.15, 0.2) is 0 Å². The third-order valence-corrected chi connectivity index (χ3v) is 4.10. The first kappa shape index (κ1) is 14.2. The molecule has 1 aliphatic heterocycles. The Bertz CT molecular complexity index is 628. The summed E-state index contributed by atoms with van der Waals surface area (Å²) in [6, 6.07) is 13.0. The molecular weight excluding hydrogens is 258 g/mol. The van der Waals surface area contributed by atoms with E-state index in [9.17, 15) is 0 Å². The first-order chi connectivity index (χ1) is 10.1. The Balaban J connectivity index is 1.87. The molecule has 2 nitrogen and oxygen atoms in total. The highest BCUT2D eigenvalue weighted by molar-refractivity contribution is 5.45. The summed E-state index contributed by atoms with van der Waals surface area (Å²) < 4.78 is 5.88. The topological polar surface area (TPSA) is 35.2 Å². The van der Waals surface area contributed by atoms with E-state index in [0.29, 0.717) is 0 Å². The lowest BCUT2D eigenvalue weighted by Gasteiger charge is -2.23. The van der Waals surface area contributed by atoms with Gasteiger partial charge in [-0.2, -0.15) is 0 Å². The van der Waals surface area contributed by atoms with Crippen molar-refractivity contribution in [3.8, 4) is 5.75 Å². The molecule has 1 heterocycles. The summed E-state index contributed by atoms with van der Waals surface area (Å²) in [5.74, 6) is 1.03. The van der Waals surface area contributed by atoms with Crippen molar-refractivity contribution in [2.75, 3.05) is 6.61 Å². The number of para-hydroxylation sites is 1. The summed E-state index contributed by atoms with van der Waals surface area (Å²) in [5.41, 5.74) is 12.8. The molecule has 2 N–H and O–H groups in total. The molecule has 1 atom stereocenters. The Morgan fingerprint density at radius 1 is 1.14 bits per heavy atom. The maximum absolute atomic E-state index is 6.47. The standard InChI is InChI=1S/C19H23NO/c1-13-9-14(2)11-15(10-13)12-18(20)17-7-3-5-16-6-4-8-21-19(16)17/h3,5,7,9-11,18H,4,6,8,12,20H2,1-2H3. The molecule has 0 aliphatic carbocycles. The molecule has 2 aromatic carbocycles. The van der Waals surface area contributed by atoms with Crippen LogP contribution in [0, 0.1) is 13.8 Å². The second-order valence-corrected chi connectivity index (χ2v) is 6.09. The van der Waals surface area contributed by atoms with E-state index in [1.165, 1.54) is 22.3 Å². The van der Waals surface area contributed by atoms with Gasteiger partial charge in [-0.15, -0.1) is 0 Å². The molecule has 1 unspecified atom stereocenters. The molecule has 21 heavy (non-hydrogen) atoms. The summed E-state index contributed by atoms with van der Waals surface area (Å²) >= 11 is 0. The monoisotopic (exact) mass is 281 g/mol. The molecule has 0 fully saturated rings. The maximum Gasteiger partial charge on any atom is 0.127 e. The lowest BCUT2D eigenvalue weighted by atomic mass is 9.93. The molecule has 0 saturated carbocycles. The van der Waals surface area contributed by atoms with Gasteiger partial charge in [-0.05, 0) is 44.2 Å². The summed E-state index contributed by atoms with van der Waals surface area (Å²) in [6.07, 6.45) is 3.05. The van der Waals surface area contributed by atoms with Gasteiger partial charge in [-0.25, -0.2) is 0 Å². The molecule has 0 amide bonds. The molecule has 2 aromatic rings. The number of hydrogen-bond donors (Lipinski definition) is 1. The van der Waals surface area contributed by atoms with Crippen molar-refractivity contribution in [2.24, 2.45) is 5.73 Å². The van der Waals surface area contributed by atoms with Crippen molar-refractivity contribution in [1.29, 1.82) is 0 Å². The van der Waals surface area contributed by atoms with Gasteiger partial charge in [-0.1, -0.05) is 47.5 Å². The van der Waals surface area contributed by atoms with Gasteiger partial charge in [0.25, 0.3) is 0 Å². The van der Waals surface area contributed by atoms with Crippen LogP contribution in [-0.4, -0.2) is 6.61 Å². The molecule has 0 aromatic heterocycles. The van der Waals surface area contributed by atoms with Gasteiger partial charge < -0.3 is 10.5 Å². The van der Waals surface area contributed by atoms with Crippen molar-refractivity contribution in [3.05, 3.63) is 64.2 Å². The average Bonchev–Trinajstić information content (AvgIpc) is 2.45. The van der Waals surface area contributed by atoms with Crippen molar-refractivity contribution in [1.82, 2.24) is 0 Å². The first-order valence-corrected chi connectivity index (χ1v) is 7.71. The van der Waals surface area contributed by atoms with E-state index >= 15 is 0 Å². The molecule has 110 valence electrons. The minimum absolute atomic E-state index is 0.0146. The maximum atomic E-state index is 6.47. The van der Waals surface area contributed by atoms with Crippen LogP contribution in [0.3, 0.4) is 0 Å². The summed E-state index contributed by atoms with van der Waals surface area (Å²) in [5, 5.41) is 0. The van der Waals surface area contributed by atoms with Gasteiger partial charge in [0.05, 0.1) is 6.61 Å². The molecule has 3 rings (SSSR count). The van der Waals surface area contributed by atoms with E-state index in [4.69, 9.17) is 10.5 Å². The van der Waals surface area contributed by atoms with E-state index < -0.39 is 0 Å². The molecule has 0 radical (unpaired) electrons. The van der Waals surface area contributed by atoms with Gasteiger partial charge in [0, 0.05) is 11.6 Å². The molecule has 0 saturated heterocycles. The number of hydrogen-bond acceptors (Lipinski definition) is 2. The van der Waals surface area contributed by atoms with Crippen LogP contribution in [0.15, 0.2) is 36.4 Å². The number of fused-ring (bicyclic) bond motifs is 1. The van der Waals surface area contributed by atoms with Crippen LogP contribution in [0.25, 0.3) is 0 Å².